The van der Waals surface area contributed by atoms with Gasteiger partial charge < -0.3 is 9.72 Å². The zero-order chi connectivity index (χ0) is 25.2. The molecule has 5 aromatic rings. The Morgan fingerprint density at radius 1 is 1.06 bits per heavy atom. The molecule has 5 rings (SSSR count). The van der Waals surface area contributed by atoms with Crippen LogP contribution in [0.2, 0.25) is 5.02 Å². The fraction of sp³-hybridized carbons (Fsp3) is 0.100. The number of halogens is 1. The molecule has 0 atom stereocenters. The number of nitrogens with one attached hydrogen (secondary N) is 1. The quantitative estimate of drug-likeness (QED) is 0.204. The van der Waals surface area contributed by atoms with Gasteiger partial charge in [0.15, 0.2) is 5.78 Å². The summed E-state index contributed by atoms with van der Waals surface area (Å²) in [6.07, 6.45) is 2.98. The normalized spacial score (nSPS) is 11.4. The molecule has 2 heterocycles. The minimum absolute atomic E-state index is 0.244. The van der Waals surface area contributed by atoms with E-state index in [0.717, 1.165) is 27.4 Å². The molecule has 0 bridgehead atoms. The number of aromatic nitrogens is 2. The third-order valence-corrected chi connectivity index (χ3v) is 6.24. The number of carbonyl (C=O) groups excluding carboxylic acids is 1. The van der Waals surface area contributed by atoms with Crippen LogP contribution in [0.3, 0.4) is 0 Å². The molecule has 2 aromatic heterocycles. The maximum Gasteiger partial charge on any atom is 0.255 e. The highest BCUT2D eigenvalue weighted by molar-refractivity contribution is 6.31. The molecule has 3 aromatic carbocycles. The van der Waals surface area contributed by atoms with Crippen LogP contribution in [0.1, 0.15) is 28.5 Å². The van der Waals surface area contributed by atoms with Crippen molar-refractivity contribution in [2.45, 2.75) is 13.8 Å². The number of hydrogen-bond acceptors (Lipinski definition) is 4. The highest BCUT2D eigenvalue weighted by Crippen LogP contribution is 2.35. The third kappa shape index (κ3) is 4.53. The second kappa shape index (κ2) is 9.80. The Labute approximate surface area is 213 Å². The van der Waals surface area contributed by atoms with Crippen LogP contribution >= 0.6 is 11.6 Å². The van der Waals surface area contributed by atoms with E-state index in [-0.39, 0.29) is 11.3 Å². The SMILES string of the molecule is CCOc1ccc2cc(C=CC(=O)c3c(C)nc4ccc(Cl)cc4c3-c3ccccc3)c(=O)[nH]c2c1. The average Bonchev–Trinajstić information content (AvgIpc) is 2.87. The van der Waals surface area contributed by atoms with E-state index in [0.29, 0.717) is 39.7 Å². The van der Waals surface area contributed by atoms with Crippen LogP contribution in [-0.2, 0) is 0 Å². The van der Waals surface area contributed by atoms with Crippen molar-refractivity contribution < 1.29 is 9.53 Å². The first kappa shape index (κ1) is 23.5. The van der Waals surface area contributed by atoms with Crippen LogP contribution in [0.15, 0.2) is 83.7 Å². The number of fused-ring (bicyclic) bond motifs is 2. The Hall–Kier alpha value is -4.22. The van der Waals surface area contributed by atoms with E-state index < -0.39 is 0 Å². The number of H-pyrrole nitrogens is 1. The molecule has 36 heavy (non-hydrogen) atoms. The highest BCUT2D eigenvalue weighted by atomic mass is 35.5. The number of aryl methyl sites for hydroxylation is 1. The fourth-order valence-corrected chi connectivity index (χ4v) is 4.56. The molecule has 6 heteroatoms. The van der Waals surface area contributed by atoms with Crippen LogP contribution < -0.4 is 10.3 Å². The first-order chi connectivity index (χ1) is 17.4. The highest BCUT2D eigenvalue weighted by Gasteiger charge is 2.19. The molecular formula is C30H23ClN2O3. The number of pyridine rings is 2. The third-order valence-electron chi connectivity index (χ3n) is 6.01. The van der Waals surface area contributed by atoms with Crippen molar-refractivity contribution in [2.24, 2.45) is 0 Å². The summed E-state index contributed by atoms with van der Waals surface area (Å²) in [5, 5.41) is 2.20. The van der Waals surface area contributed by atoms with Gasteiger partial charge in [0.25, 0.3) is 5.56 Å². The van der Waals surface area contributed by atoms with Gasteiger partial charge in [-0.1, -0.05) is 41.9 Å². The first-order valence-corrected chi connectivity index (χ1v) is 12.0. The van der Waals surface area contributed by atoms with Crippen LogP contribution in [0.25, 0.3) is 39.0 Å². The summed E-state index contributed by atoms with van der Waals surface area (Å²) >= 11 is 6.31. The van der Waals surface area contributed by atoms with Crippen LogP contribution in [0.5, 0.6) is 5.75 Å². The second-order valence-corrected chi connectivity index (χ2v) is 8.84. The lowest BCUT2D eigenvalue weighted by molar-refractivity contribution is 0.104. The van der Waals surface area contributed by atoms with Gasteiger partial charge in [0.2, 0.25) is 0 Å². The maximum atomic E-state index is 13.6. The van der Waals surface area contributed by atoms with Crippen molar-refractivity contribution in [1.29, 1.82) is 0 Å². The van der Waals surface area contributed by atoms with Gasteiger partial charge in [-0.15, -0.1) is 0 Å². The zero-order valence-corrected chi connectivity index (χ0v) is 20.6. The Kier molecular flexibility index (Phi) is 6.40. The average molecular weight is 495 g/mol. The van der Waals surface area contributed by atoms with Crippen molar-refractivity contribution in [1.82, 2.24) is 9.97 Å². The monoisotopic (exact) mass is 494 g/mol. The topological polar surface area (TPSA) is 72.0 Å². The number of ether oxygens (including phenoxy) is 1. The summed E-state index contributed by atoms with van der Waals surface area (Å²) in [7, 11) is 0. The number of aromatic amines is 1. The van der Waals surface area contributed by atoms with Crippen molar-refractivity contribution in [3.05, 3.63) is 111 Å². The summed E-state index contributed by atoms with van der Waals surface area (Å²) in [6.45, 7) is 4.27. The van der Waals surface area contributed by atoms with E-state index in [2.05, 4.69) is 9.97 Å². The lowest BCUT2D eigenvalue weighted by Crippen LogP contribution is -2.10. The van der Waals surface area contributed by atoms with Crippen LogP contribution in [0.4, 0.5) is 0 Å². The smallest absolute Gasteiger partial charge is 0.255 e. The number of hydrogen-bond donors (Lipinski definition) is 1. The van der Waals surface area contributed by atoms with E-state index >= 15 is 0 Å². The van der Waals surface area contributed by atoms with Gasteiger partial charge in [0, 0.05) is 33.3 Å². The maximum absolute atomic E-state index is 13.6. The number of benzene rings is 3. The Morgan fingerprint density at radius 2 is 1.86 bits per heavy atom. The number of carbonyl (C=O) groups is 1. The van der Waals surface area contributed by atoms with Crippen LogP contribution in [-0.4, -0.2) is 22.4 Å². The van der Waals surface area contributed by atoms with E-state index in [1.165, 1.54) is 6.08 Å². The van der Waals surface area contributed by atoms with Crippen molar-refractivity contribution in [3.63, 3.8) is 0 Å². The molecule has 1 N–H and O–H groups in total. The number of nitrogens with zero attached hydrogens (tertiary/aromatic N) is 1. The number of ketones is 1. The molecular weight excluding hydrogens is 472 g/mol. The molecule has 0 radical (unpaired) electrons. The molecule has 0 aliphatic heterocycles. The Bertz CT molecular complexity index is 1710. The molecule has 0 saturated carbocycles. The molecule has 0 aliphatic rings. The zero-order valence-electron chi connectivity index (χ0n) is 19.8. The molecule has 0 unspecified atom stereocenters. The molecule has 0 spiro atoms. The first-order valence-electron chi connectivity index (χ1n) is 11.6. The van der Waals surface area contributed by atoms with Gasteiger partial charge in [-0.25, -0.2) is 0 Å². The van der Waals surface area contributed by atoms with E-state index in [1.54, 1.807) is 24.3 Å². The van der Waals surface area contributed by atoms with Gasteiger partial charge >= 0.3 is 0 Å². The predicted octanol–water partition coefficient (Wildman–Crippen LogP) is 7.00. The lowest BCUT2D eigenvalue weighted by Gasteiger charge is -2.14. The lowest BCUT2D eigenvalue weighted by atomic mass is 9.92. The van der Waals surface area contributed by atoms with E-state index in [1.807, 2.05) is 68.4 Å². The summed E-state index contributed by atoms with van der Waals surface area (Å²) < 4.78 is 5.51. The molecule has 0 saturated heterocycles. The van der Waals surface area contributed by atoms with Crippen molar-refractivity contribution in [3.8, 4) is 16.9 Å². The molecule has 5 nitrogen and oxygen atoms in total. The summed E-state index contributed by atoms with van der Waals surface area (Å²) in [5.74, 6) is 0.443. The largest absolute Gasteiger partial charge is 0.494 e. The van der Waals surface area contributed by atoms with Gasteiger partial charge in [-0.3, -0.25) is 14.6 Å². The summed E-state index contributed by atoms with van der Waals surface area (Å²) in [5.41, 5.74) is 4.27. The number of allylic oxidation sites excluding steroid dienone is 1. The minimum Gasteiger partial charge on any atom is -0.494 e. The number of rotatable bonds is 6. The molecule has 178 valence electrons. The predicted molar refractivity (Wildman–Crippen MR) is 146 cm³/mol. The van der Waals surface area contributed by atoms with Crippen molar-refractivity contribution >= 4 is 45.3 Å². The van der Waals surface area contributed by atoms with Crippen LogP contribution in [0, 0.1) is 6.92 Å². The Balaban J connectivity index is 1.60. The van der Waals surface area contributed by atoms with Gasteiger partial charge in [-0.2, -0.15) is 0 Å². The van der Waals surface area contributed by atoms with Crippen molar-refractivity contribution in [2.75, 3.05) is 6.61 Å². The molecule has 0 fully saturated rings. The van der Waals surface area contributed by atoms with E-state index in [9.17, 15) is 9.59 Å². The summed E-state index contributed by atoms with van der Waals surface area (Å²) in [4.78, 5) is 33.8. The van der Waals surface area contributed by atoms with Gasteiger partial charge in [0.1, 0.15) is 5.75 Å². The second-order valence-electron chi connectivity index (χ2n) is 8.41. The van der Waals surface area contributed by atoms with Gasteiger partial charge in [-0.05, 0) is 73.3 Å². The van der Waals surface area contributed by atoms with Gasteiger partial charge in [0.05, 0.1) is 23.2 Å². The summed E-state index contributed by atoms with van der Waals surface area (Å²) in [6, 6.07) is 22.5. The minimum atomic E-state index is -0.288. The molecule has 0 amide bonds. The fourth-order valence-electron chi connectivity index (χ4n) is 4.39. The standard InChI is InChI=1S/C30H23ClN2O3/c1-3-36-23-12-9-20-15-21(30(35)33-26(20)17-23)10-14-27(34)28-18(2)32-25-13-11-22(31)16-24(25)29(28)19-7-5-4-6-8-19/h4-17H,3H2,1-2H3,(H,33,35). The Morgan fingerprint density at radius 3 is 2.64 bits per heavy atom. The van der Waals surface area contributed by atoms with E-state index in [4.69, 9.17) is 16.3 Å². The molecule has 0 aliphatic carbocycles.